The largest absolute Gasteiger partial charge is 0.368 e. The van der Waals surface area contributed by atoms with E-state index >= 15 is 0 Å². The Labute approximate surface area is 187 Å². The summed E-state index contributed by atoms with van der Waals surface area (Å²) in [5.74, 6) is 0.0529. The number of anilines is 1. The molecule has 2 heterocycles. The summed E-state index contributed by atoms with van der Waals surface area (Å²) in [6.45, 7) is 5.42. The first kappa shape index (κ1) is 21.4. The third kappa shape index (κ3) is 5.08. The molecule has 160 valence electrons. The summed E-state index contributed by atoms with van der Waals surface area (Å²) in [7, 11) is 0. The van der Waals surface area contributed by atoms with Gasteiger partial charge in [-0.25, -0.2) is 4.39 Å². The lowest BCUT2D eigenvalue weighted by molar-refractivity contribution is -0.137. The Bertz CT molecular complexity index is 885. The fourth-order valence-electron chi connectivity index (χ4n) is 4.39. The number of likely N-dealkylation sites (tertiary alicyclic amines) is 1. The van der Waals surface area contributed by atoms with Crippen LogP contribution in [0.1, 0.15) is 18.4 Å². The molecule has 0 N–H and O–H groups in total. The number of rotatable bonds is 4. The van der Waals surface area contributed by atoms with Gasteiger partial charge in [0.05, 0.1) is 5.92 Å². The van der Waals surface area contributed by atoms with Gasteiger partial charge in [0.15, 0.2) is 0 Å². The quantitative estimate of drug-likeness (QED) is 0.676. The Hall–Kier alpha value is -1.82. The van der Waals surface area contributed by atoms with Gasteiger partial charge in [-0.15, -0.1) is 0 Å². The molecule has 2 aromatic rings. The fraction of sp³-hybridized carbons (Fsp3) is 0.435. The number of piperazine rings is 1. The van der Waals surface area contributed by atoms with Crippen molar-refractivity contribution >= 4 is 34.8 Å². The molecular formula is C23H26Cl2FN3O. The van der Waals surface area contributed by atoms with E-state index in [1.165, 1.54) is 12.1 Å². The van der Waals surface area contributed by atoms with Crippen molar-refractivity contribution in [3.63, 3.8) is 0 Å². The van der Waals surface area contributed by atoms with Gasteiger partial charge in [0.1, 0.15) is 5.82 Å². The van der Waals surface area contributed by atoms with Crippen LogP contribution >= 0.6 is 23.2 Å². The molecule has 1 atom stereocenters. The highest BCUT2D eigenvalue weighted by Gasteiger charge is 2.31. The Kier molecular flexibility index (Phi) is 6.81. The molecule has 2 saturated heterocycles. The minimum Gasteiger partial charge on any atom is -0.368 e. The van der Waals surface area contributed by atoms with Crippen LogP contribution in [0.15, 0.2) is 42.5 Å². The van der Waals surface area contributed by atoms with Crippen LogP contribution in [0.2, 0.25) is 10.0 Å². The van der Waals surface area contributed by atoms with Crippen LogP contribution in [0.4, 0.5) is 10.1 Å². The van der Waals surface area contributed by atoms with Crippen LogP contribution in [0.25, 0.3) is 0 Å². The first-order valence-electron chi connectivity index (χ1n) is 10.5. The van der Waals surface area contributed by atoms with Crippen molar-refractivity contribution < 1.29 is 9.18 Å². The average Bonchev–Trinajstić information content (AvgIpc) is 2.76. The van der Waals surface area contributed by atoms with E-state index in [9.17, 15) is 9.18 Å². The first-order chi connectivity index (χ1) is 14.5. The molecule has 2 aliphatic rings. The molecule has 1 amide bonds. The lowest BCUT2D eigenvalue weighted by Gasteiger charge is -2.39. The predicted octanol–water partition coefficient (Wildman–Crippen LogP) is 4.69. The number of carbonyl (C=O) groups excluding carboxylic acids is 1. The van der Waals surface area contributed by atoms with Crippen molar-refractivity contribution in [2.45, 2.75) is 19.4 Å². The van der Waals surface area contributed by atoms with E-state index in [0.29, 0.717) is 23.1 Å². The lowest BCUT2D eigenvalue weighted by Crippen LogP contribution is -2.52. The van der Waals surface area contributed by atoms with E-state index in [1.54, 1.807) is 18.2 Å². The smallest absolute Gasteiger partial charge is 0.227 e. The molecule has 0 aromatic heterocycles. The van der Waals surface area contributed by atoms with Gasteiger partial charge >= 0.3 is 0 Å². The highest BCUT2D eigenvalue weighted by molar-refractivity contribution is 6.35. The van der Waals surface area contributed by atoms with E-state index in [4.69, 9.17) is 23.2 Å². The number of carbonyl (C=O) groups is 1. The summed E-state index contributed by atoms with van der Waals surface area (Å²) >= 11 is 12.3. The molecule has 2 fully saturated rings. The van der Waals surface area contributed by atoms with E-state index in [0.717, 1.165) is 56.8 Å². The van der Waals surface area contributed by atoms with Gasteiger partial charge in [0, 0.05) is 55.0 Å². The molecule has 2 aliphatic heterocycles. The van der Waals surface area contributed by atoms with Crippen molar-refractivity contribution in [3.05, 3.63) is 63.9 Å². The summed E-state index contributed by atoms with van der Waals surface area (Å²) in [5.41, 5.74) is 2.05. The molecule has 4 nitrogen and oxygen atoms in total. The minimum absolute atomic E-state index is 0.0298. The minimum atomic E-state index is -0.227. The van der Waals surface area contributed by atoms with Crippen LogP contribution in [0.3, 0.4) is 0 Å². The van der Waals surface area contributed by atoms with Crippen molar-refractivity contribution in [3.8, 4) is 0 Å². The van der Waals surface area contributed by atoms with Crippen LogP contribution < -0.4 is 4.90 Å². The molecule has 30 heavy (non-hydrogen) atoms. The fourth-order valence-corrected chi connectivity index (χ4v) is 4.85. The number of nitrogens with zero attached hydrogens (tertiary/aromatic N) is 3. The maximum Gasteiger partial charge on any atom is 0.227 e. The number of amides is 1. The highest BCUT2D eigenvalue weighted by Crippen LogP contribution is 2.26. The van der Waals surface area contributed by atoms with Gasteiger partial charge in [-0.1, -0.05) is 29.3 Å². The first-order valence-corrected chi connectivity index (χ1v) is 11.2. The van der Waals surface area contributed by atoms with Gasteiger partial charge in [-0.05, 0) is 61.3 Å². The number of benzene rings is 2. The number of hydrogen-bond donors (Lipinski definition) is 0. The van der Waals surface area contributed by atoms with Gasteiger partial charge in [0.2, 0.25) is 5.91 Å². The van der Waals surface area contributed by atoms with Crippen molar-refractivity contribution in [2.24, 2.45) is 5.92 Å². The summed E-state index contributed by atoms with van der Waals surface area (Å²) in [6, 6.07) is 12.2. The van der Waals surface area contributed by atoms with Crippen molar-refractivity contribution in [2.75, 3.05) is 44.2 Å². The van der Waals surface area contributed by atoms with Gasteiger partial charge in [-0.3, -0.25) is 9.69 Å². The van der Waals surface area contributed by atoms with Crippen LogP contribution in [-0.4, -0.2) is 55.0 Å². The molecule has 2 aromatic carbocycles. The maximum atomic E-state index is 13.1. The van der Waals surface area contributed by atoms with E-state index in [2.05, 4.69) is 9.80 Å². The molecule has 0 aliphatic carbocycles. The second-order valence-electron chi connectivity index (χ2n) is 8.10. The Morgan fingerprint density at radius 1 is 1.00 bits per heavy atom. The van der Waals surface area contributed by atoms with Crippen LogP contribution in [0.5, 0.6) is 0 Å². The lowest BCUT2D eigenvalue weighted by atomic mass is 9.95. The van der Waals surface area contributed by atoms with Crippen LogP contribution in [0, 0.1) is 11.7 Å². The summed E-state index contributed by atoms with van der Waals surface area (Å²) in [4.78, 5) is 19.7. The number of piperidine rings is 1. The summed E-state index contributed by atoms with van der Waals surface area (Å²) in [6.07, 6.45) is 1.94. The van der Waals surface area contributed by atoms with Crippen molar-refractivity contribution in [1.82, 2.24) is 9.80 Å². The van der Waals surface area contributed by atoms with Crippen molar-refractivity contribution in [1.29, 1.82) is 0 Å². The second-order valence-corrected chi connectivity index (χ2v) is 8.94. The molecule has 0 radical (unpaired) electrons. The van der Waals surface area contributed by atoms with Crippen LogP contribution in [-0.2, 0) is 11.3 Å². The number of hydrogen-bond acceptors (Lipinski definition) is 3. The summed E-state index contributed by atoms with van der Waals surface area (Å²) < 4.78 is 13.1. The molecule has 1 unspecified atom stereocenters. The Morgan fingerprint density at radius 2 is 1.73 bits per heavy atom. The zero-order valence-corrected chi connectivity index (χ0v) is 18.4. The predicted molar refractivity (Wildman–Crippen MR) is 120 cm³/mol. The summed E-state index contributed by atoms with van der Waals surface area (Å²) in [5, 5.41) is 1.31. The monoisotopic (exact) mass is 449 g/mol. The molecule has 4 rings (SSSR count). The molecular weight excluding hydrogens is 424 g/mol. The Balaban J connectivity index is 1.31. The standard InChI is InChI=1S/C23H26Cl2FN3O/c24-19-4-3-17(22(25)14-19)15-27-9-1-2-18(16-27)23(30)29-12-10-28(11-13-29)21-7-5-20(26)6-8-21/h3-8,14,18H,1-2,9-13,15-16H2. The molecule has 0 spiro atoms. The molecule has 0 bridgehead atoms. The highest BCUT2D eigenvalue weighted by atomic mass is 35.5. The zero-order chi connectivity index (χ0) is 21.1. The Morgan fingerprint density at radius 3 is 2.43 bits per heavy atom. The van der Waals surface area contributed by atoms with E-state index in [-0.39, 0.29) is 17.6 Å². The zero-order valence-electron chi connectivity index (χ0n) is 16.9. The topological polar surface area (TPSA) is 26.8 Å². The van der Waals surface area contributed by atoms with Gasteiger partial charge in [-0.2, -0.15) is 0 Å². The van der Waals surface area contributed by atoms with E-state index < -0.39 is 0 Å². The maximum absolute atomic E-state index is 13.1. The van der Waals surface area contributed by atoms with E-state index in [1.807, 2.05) is 17.0 Å². The third-order valence-electron chi connectivity index (χ3n) is 6.05. The SMILES string of the molecule is O=C(C1CCCN(Cc2ccc(Cl)cc2Cl)C1)N1CCN(c2ccc(F)cc2)CC1. The molecule has 0 saturated carbocycles. The van der Waals surface area contributed by atoms with Gasteiger partial charge in [0.25, 0.3) is 0 Å². The third-order valence-corrected chi connectivity index (χ3v) is 6.63. The van der Waals surface area contributed by atoms with Gasteiger partial charge < -0.3 is 9.80 Å². The normalized spacial score (nSPS) is 20.4. The second kappa shape index (κ2) is 9.54. The average molecular weight is 450 g/mol. The molecule has 7 heteroatoms. The number of halogens is 3.